The lowest BCUT2D eigenvalue weighted by Gasteiger charge is -2.19. The van der Waals surface area contributed by atoms with Gasteiger partial charge in [0.15, 0.2) is 5.16 Å². The van der Waals surface area contributed by atoms with Gasteiger partial charge < -0.3 is 0 Å². The van der Waals surface area contributed by atoms with Crippen LogP contribution in [0.2, 0.25) is 0 Å². The molecule has 3 nitrogen and oxygen atoms in total. The Hall–Kier alpha value is -0.900. The largest absolute Gasteiger partial charge is 0.300 e. The van der Waals surface area contributed by atoms with E-state index < -0.39 is 0 Å². The standard InChI is InChI=1S/C13H18N2OS/c1-8-9(2)14-13(15-10(8)3)17-12-6-4-5-11(16)7-12/h12H,4-7H2,1-3H3. The number of aryl methyl sites for hydroxylation is 2. The summed E-state index contributed by atoms with van der Waals surface area (Å²) in [5, 5.41) is 1.20. The van der Waals surface area contributed by atoms with Crippen molar-refractivity contribution in [1.29, 1.82) is 0 Å². The summed E-state index contributed by atoms with van der Waals surface area (Å²) in [6.07, 6.45) is 3.55. The molecule has 17 heavy (non-hydrogen) atoms. The number of nitrogens with zero attached hydrogens (tertiary/aromatic N) is 2. The third kappa shape index (κ3) is 3.06. The zero-order valence-electron chi connectivity index (χ0n) is 10.6. The first kappa shape index (κ1) is 12.6. The van der Waals surface area contributed by atoms with Gasteiger partial charge in [0.05, 0.1) is 0 Å². The van der Waals surface area contributed by atoms with Crippen LogP contribution in [-0.2, 0) is 4.79 Å². The number of hydrogen-bond acceptors (Lipinski definition) is 4. The predicted molar refractivity (Wildman–Crippen MR) is 69.4 cm³/mol. The molecular formula is C13H18N2OS. The van der Waals surface area contributed by atoms with Gasteiger partial charge >= 0.3 is 0 Å². The highest BCUT2D eigenvalue weighted by Gasteiger charge is 2.21. The maximum atomic E-state index is 11.4. The fourth-order valence-corrected chi connectivity index (χ4v) is 3.26. The molecule has 1 aromatic heterocycles. The average Bonchev–Trinajstić information content (AvgIpc) is 2.26. The van der Waals surface area contributed by atoms with Crippen molar-refractivity contribution >= 4 is 17.5 Å². The van der Waals surface area contributed by atoms with E-state index in [1.54, 1.807) is 11.8 Å². The molecule has 0 spiro atoms. The van der Waals surface area contributed by atoms with E-state index in [1.807, 2.05) is 20.8 Å². The monoisotopic (exact) mass is 250 g/mol. The van der Waals surface area contributed by atoms with Crippen LogP contribution in [0.25, 0.3) is 0 Å². The molecule has 0 saturated heterocycles. The van der Waals surface area contributed by atoms with Crippen LogP contribution < -0.4 is 0 Å². The van der Waals surface area contributed by atoms with Gasteiger partial charge in [0, 0.05) is 29.5 Å². The van der Waals surface area contributed by atoms with Crippen LogP contribution >= 0.6 is 11.8 Å². The van der Waals surface area contributed by atoms with Crippen molar-refractivity contribution in [1.82, 2.24) is 9.97 Å². The molecule has 2 rings (SSSR count). The quantitative estimate of drug-likeness (QED) is 0.757. The normalized spacial score (nSPS) is 20.6. The Morgan fingerprint density at radius 3 is 2.41 bits per heavy atom. The van der Waals surface area contributed by atoms with Crippen LogP contribution in [-0.4, -0.2) is 21.0 Å². The molecule has 1 saturated carbocycles. The summed E-state index contributed by atoms with van der Waals surface area (Å²) in [6, 6.07) is 0. The molecule has 0 amide bonds. The lowest BCUT2D eigenvalue weighted by atomic mass is 9.99. The molecule has 1 aromatic rings. The molecule has 0 aliphatic heterocycles. The summed E-state index contributed by atoms with van der Waals surface area (Å²) in [7, 11) is 0. The van der Waals surface area contributed by atoms with Crippen molar-refractivity contribution in [2.24, 2.45) is 0 Å². The van der Waals surface area contributed by atoms with Crippen molar-refractivity contribution in [3.8, 4) is 0 Å². The molecule has 0 bridgehead atoms. The Kier molecular flexibility index (Phi) is 3.82. The van der Waals surface area contributed by atoms with Crippen molar-refractivity contribution < 1.29 is 4.79 Å². The average molecular weight is 250 g/mol. The Morgan fingerprint density at radius 2 is 1.82 bits per heavy atom. The number of ketones is 1. The third-order valence-corrected chi connectivity index (χ3v) is 4.45. The summed E-state index contributed by atoms with van der Waals surface area (Å²) >= 11 is 1.66. The molecule has 1 aliphatic rings. The molecule has 4 heteroatoms. The van der Waals surface area contributed by atoms with Crippen LogP contribution in [0.15, 0.2) is 5.16 Å². The van der Waals surface area contributed by atoms with Crippen molar-refractivity contribution in [3.63, 3.8) is 0 Å². The molecule has 0 aromatic carbocycles. The van der Waals surface area contributed by atoms with Crippen LogP contribution in [0, 0.1) is 20.8 Å². The summed E-state index contributed by atoms with van der Waals surface area (Å²) in [5.74, 6) is 0.384. The van der Waals surface area contributed by atoms with E-state index in [-0.39, 0.29) is 0 Å². The van der Waals surface area contributed by atoms with E-state index in [1.165, 1.54) is 0 Å². The molecule has 1 unspecified atom stereocenters. The highest BCUT2D eigenvalue weighted by Crippen LogP contribution is 2.30. The number of carbonyl (C=O) groups is 1. The first-order valence-electron chi connectivity index (χ1n) is 6.06. The first-order valence-corrected chi connectivity index (χ1v) is 6.94. The molecule has 1 atom stereocenters. The number of aromatic nitrogens is 2. The van der Waals surface area contributed by atoms with Crippen LogP contribution in [0.1, 0.15) is 42.6 Å². The Labute approximate surface area is 106 Å². The van der Waals surface area contributed by atoms with Crippen molar-refractivity contribution in [2.45, 2.75) is 56.9 Å². The van der Waals surface area contributed by atoms with Gasteiger partial charge in [0.25, 0.3) is 0 Å². The second-order valence-corrected chi connectivity index (χ2v) is 5.94. The summed E-state index contributed by atoms with van der Waals surface area (Å²) < 4.78 is 0. The van der Waals surface area contributed by atoms with Gasteiger partial charge in [0.1, 0.15) is 5.78 Å². The molecule has 1 fully saturated rings. The highest BCUT2D eigenvalue weighted by molar-refractivity contribution is 7.99. The van der Waals surface area contributed by atoms with E-state index in [0.717, 1.165) is 41.4 Å². The molecule has 1 heterocycles. The zero-order chi connectivity index (χ0) is 12.4. The van der Waals surface area contributed by atoms with E-state index in [9.17, 15) is 4.79 Å². The smallest absolute Gasteiger partial charge is 0.188 e. The van der Waals surface area contributed by atoms with Crippen LogP contribution in [0.4, 0.5) is 0 Å². The summed E-state index contributed by atoms with van der Waals surface area (Å²) in [5.41, 5.74) is 3.25. The van der Waals surface area contributed by atoms with Gasteiger partial charge in [-0.3, -0.25) is 4.79 Å². The maximum Gasteiger partial charge on any atom is 0.188 e. The fraction of sp³-hybridized carbons (Fsp3) is 0.615. The highest BCUT2D eigenvalue weighted by atomic mass is 32.2. The van der Waals surface area contributed by atoms with Gasteiger partial charge in [-0.1, -0.05) is 11.8 Å². The topological polar surface area (TPSA) is 42.9 Å². The molecular weight excluding hydrogens is 232 g/mol. The van der Waals surface area contributed by atoms with E-state index in [2.05, 4.69) is 9.97 Å². The minimum atomic E-state index is 0.373. The lowest BCUT2D eigenvalue weighted by Crippen LogP contribution is -2.17. The molecule has 1 aliphatic carbocycles. The van der Waals surface area contributed by atoms with Crippen molar-refractivity contribution in [2.75, 3.05) is 0 Å². The van der Waals surface area contributed by atoms with Gasteiger partial charge in [-0.05, 0) is 39.2 Å². The minimum absolute atomic E-state index is 0.373. The van der Waals surface area contributed by atoms with E-state index in [4.69, 9.17) is 0 Å². The van der Waals surface area contributed by atoms with E-state index >= 15 is 0 Å². The van der Waals surface area contributed by atoms with Crippen molar-refractivity contribution in [3.05, 3.63) is 17.0 Å². The molecule has 0 radical (unpaired) electrons. The number of Topliss-reactive ketones (excluding diaryl/α,β-unsaturated/α-hetero) is 1. The number of hydrogen-bond donors (Lipinski definition) is 0. The lowest BCUT2D eigenvalue weighted by molar-refractivity contribution is -0.120. The maximum absolute atomic E-state index is 11.4. The Bertz CT molecular complexity index is 422. The van der Waals surface area contributed by atoms with Crippen LogP contribution in [0.5, 0.6) is 0 Å². The SMILES string of the molecule is Cc1nc(SC2CCCC(=O)C2)nc(C)c1C. The second-order valence-electron chi connectivity index (χ2n) is 4.68. The zero-order valence-corrected chi connectivity index (χ0v) is 11.4. The van der Waals surface area contributed by atoms with Gasteiger partial charge in [-0.25, -0.2) is 9.97 Å². The summed E-state index contributed by atoms with van der Waals surface area (Å²) in [4.78, 5) is 20.4. The fourth-order valence-electron chi connectivity index (χ4n) is 2.03. The van der Waals surface area contributed by atoms with Gasteiger partial charge in [0.2, 0.25) is 0 Å². The summed E-state index contributed by atoms with van der Waals surface area (Å²) in [6.45, 7) is 6.07. The second kappa shape index (κ2) is 5.17. The molecule has 92 valence electrons. The third-order valence-electron chi connectivity index (χ3n) is 3.32. The predicted octanol–water partition coefficient (Wildman–Crippen LogP) is 3.01. The van der Waals surface area contributed by atoms with E-state index in [0.29, 0.717) is 17.5 Å². The van der Waals surface area contributed by atoms with Crippen LogP contribution in [0.3, 0.4) is 0 Å². The number of rotatable bonds is 2. The van der Waals surface area contributed by atoms with Gasteiger partial charge in [-0.2, -0.15) is 0 Å². The molecule has 0 N–H and O–H groups in total. The number of carbonyl (C=O) groups excluding carboxylic acids is 1. The Morgan fingerprint density at radius 1 is 1.18 bits per heavy atom. The first-order chi connectivity index (χ1) is 8.06. The van der Waals surface area contributed by atoms with Gasteiger partial charge in [-0.15, -0.1) is 0 Å². The minimum Gasteiger partial charge on any atom is -0.300 e. The number of thioether (sulfide) groups is 1. The Balaban J connectivity index is 2.10.